The Kier molecular flexibility index (Phi) is 5.28. The minimum Gasteiger partial charge on any atom is -0.497 e. The summed E-state index contributed by atoms with van der Waals surface area (Å²) in [5, 5.41) is 12.5. The lowest BCUT2D eigenvalue weighted by molar-refractivity contribution is -0.142. The second-order valence-electron chi connectivity index (χ2n) is 5.65. The molecule has 26 heavy (non-hydrogen) atoms. The summed E-state index contributed by atoms with van der Waals surface area (Å²) in [5.41, 5.74) is 0.710. The third kappa shape index (κ3) is 3.73. The van der Waals surface area contributed by atoms with Gasteiger partial charge < -0.3 is 19.9 Å². The van der Waals surface area contributed by atoms with E-state index in [0.717, 1.165) is 6.08 Å². The van der Waals surface area contributed by atoms with E-state index >= 15 is 0 Å². The zero-order valence-electron chi connectivity index (χ0n) is 14.1. The van der Waals surface area contributed by atoms with Crippen LogP contribution in [0.15, 0.2) is 60.5 Å². The summed E-state index contributed by atoms with van der Waals surface area (Å²) in [6.45, 7) is -0.464. The molecule has 0 radical (unpaired) electrons. The highest BCUT2D eigenvalue weighted by atomic mass is 16.5. The number of aliphatic hydroxyl groups excluding tert-OH is 1. The molecule has 2 heterocycles. The molecule has 2 atom stereocenters. The molecule has 0 amide bonds. The molecule has 1 aromatic carbocycles. The molecule has 2 unspecified atom stereocenters. The molecular weight excluding hydrogens is 336 g/mol. The standard InChI is InChI=1S/C19H18N2O5/c1-25-13-7-5-12(6-8-13)17(21-16-4-2-3-9-20-16)19-18(24)15(23)10-14(11-22)26-19/h2-10,17,19,22H,11H2,1H3,(H,20,21). The van der Waals surface area contributed by atoms with Crippen molar-refractivity contribution in [3.8, 4) is 5.75 Å². The summed E-state index contributed by atoms with van der Waals surface area (Å²) in [6, 6.07) is 11.7. The molecule has 0 aliphatic carbocycles. The minimum absolute atomic E-state index is 0.0564. The van der Waals surface area contributed by atoms with E-state index in [1.165, 1.54) is 0 Å². The fourth-order valence-corrected chi connectivity index (χ4v) is 2.66. The Morgan fingerprint density at radius 3 is 2.62 bits per heavy atom. The molecule has 0 bridgehead atoms. The number of hydrogen-bond acceptors (Lipinski definition) is 7. The molecule has 1 aromatic heterocycles. The third-order valence-electron chi connectivity index (χ3n) is 3.97. The van der Waals surface area contributed by atoms with Crippen LogP contribution in [0.1, 0.15) is 11.6 Å². The van der Waals surface area contributed by atoms with E-state index in [0.29, 0.717) is 17.1 Å². The maximum atomic E-state index is 12.4. The maximum absolute atomic E-state index is 12.4. The summed E-state index contributed by atoms with van der Waals surface area (Å²) in [7, 11) is 1.56. The lowest BCUT2D eigenvalue weighted by atomic mass is 9.94. The molecule has 0 saturated heterocycles. The number of rotatable bonds is 6. The van der Waals surface area contributed by atoms with Crippen LogP contribution in [-0.2, 0) is 14.3 Å². The Bertz CT molecular complexity index is 818. The van der Waals surface area contributed by atoms with Gasteiger partial charge in [-0.25, -0.2) is 4.98 Å². The van der Waals surface area contributed by atoms with Crippen molar-refractivity contribution in [2.24, 2.45) is 0 Å². The number of nitrogens with zero attached hydrogens (tertiary/aromatic N) is 1. The van der Waals surface area contributed by atoms with Crippen LogP contribution in [0.4, 0.5) is 5.82 Å². The smallest absolute Gasteiger partial charge is 0.245 e. The molecule has 0 spiro atoms. The zero-order chi connectivity index (χ0) is 18.5. The molecule has 0 saturated carbocycles. The number of anilines is 1. The van der Waals surface area contributed by atoms with Gasteiger partial charge in [0, 0.05) is 12.3 Å². The van der Waals surface area contributed by atoms with Gasteiger partial charge in [0.15, 0.2) is 6.10 Å². The highest BCUT2D eigenvalue weighted by Gasteiger charge is 2.38. The van der Waals surface area contributed by atoms with Gasteiger partial charge in [0.2, 0.25) is 11.6 Å². The van der Waals surface area contributed by atoms with Gasteiger partial charge in [-0.3, -0.25) is 9.59 Å². The van der Waals surface area contributed by atoms with Crippen LogP contribution in [0.25, 0.3) is 0 Å². The van der Waals surface area contributed by atoms with Crippen LogP contribution >= 0.6 is 0 Å². The average Bonchev–Trinajstić information content (AvgIpc) is 2.69. The van der Waals surface area contributed by atoms with Crippen LogP contribution in [0.5, 0.6) is 5.75 Å². The molecular formula is C19H18N2O5. The first-order valence-corrected chi connectivity index (χ1v) is 8.00. The fraction of sp³-hybridized carbons (Fsp3) is 0.211. The van der Waals surface area contributed by atoms with Crippen LogP contribution in [-0.4, -0.2) is 41.5 Å². The van der Waals surface area contributed by atoms with Crippen LogP contribution in [0.2, 0.25) is 0 Å². The first-order valence-electron chi connectivity index (χ1n) is 8.00. The summed E-state index contributed by atoms with van der Waals surface area (Å²) in [6.07, 6.45) is 1.51. The SMILES string of the molecule is COc1ccc(C(Nc2ccccn2)C2OC(CO)=CC(=O)C2=O)cc1. The molecule has 134 valence electrons. The molecule has 7 nitrogen and oxygen atoms in total. The number of carbonyl (C=O) groups excluding carboxylic acids is 2. The summed E-state index contributed by atoms with van der Waals surface area (Å²) >= 11 is 0. The monoisotopic (exact) mass is 354 g/mol. The van der Waals surface area contributed by atoms with Gasteiger partial charge in [-0.05, 0) is 29.8 Å². The van der Waals surface area contributed by atoms with Gasteiger partial charge in [-0.1, -0.05) is 18.2 Å². The van der Waals surface area contributed by atoms with Gasteiger partial charge in [-0.15, -0.1) is 0 Å². The van der Waals surface area contributed by atoms with Crippen LogP contribution in [0.3, 0.4) is 0 Å². The molecule has 7 heteroatoms. The van der Waals surface area contributed by atoms with Gasteiger partial charge >= 0.3 is 0 Å². The second-order valence-corrected chi connectivity index (χ2v) is 5.65. The number of methoxy groups -OCH3 is 1. The Morgan fingerprint density at radius 2 is 2.00 bits per heavy atom. The van der Waals surface area contributed by atoms with E-state index in [4.69, 9.17) is 9.47 Å². The van der Waals surface area contributed by atoms with Gasteiger partial charge in [0.05, 0.1) is 13.2 Å². The number of ketones is 2. The summed E-state index contributed by atoms with van der Waals surface area (Å²) in [4.78, 5) is 28.6. The Labute approximate surface area is 150 Å². The zero-order valence-corrected chi connectivity index (χ0v) is 14.1. The van der Waals surface area contributed by atoms with E-state index in [1.807, 2.05) is 0 Å². The predicted molar refractivity (Wildman–Crippen MR) is 93.7 cm³/mol. The normalized spacial score (nSPS) is 17.9. The molecule has 1 aliphatic rings. The number of nitrogens with one attached hydrogen (secondary N) is 1. The lowest BCUT2D eigenvalue weighted by Gasteiger charge is -2.30. The van der Waals surface area contributed by atoms with Gasteiger partial charge in [0.25, 0.3) is 0 Å². The van der Waals surface area contributed by atoms with Crippen LogP contribution < -0.4 is 10.1 Å². The maximum Gasteiger partial charge on any atom is 0.245 e. The quantitative estimate of drug-likeness (QED) is 0.761. The van der Waals surface area contributed by atoms with Crippen molar-refractivity contribution in [2.75, 3.05) is 19.0 Å². The van der Waals surface area contributed by atoms with E-state index in [1.54, 1.807) is 55.8 Å². The first-order chi connectivity index (χ1) is 12.6. The van der Waals surface area contributed by atoms with Crippen molar-refractivity contribution in [1.82, 2.24) is 4.98 Å². The predicted octanol–water partition coefficient (Wildman–Crippen LogP) is 1.66. The first kappa shape index (κ1) is 17.6. The van der Waals surface area contributed by atoms with E-state index < -0.39 is 30.3 Å². The average molecular weight is 354 g/mol. The minimum atomic E-state index is -1.12. The van der Waals surface area contributed by atoms with Crippen LogP contribution in [0, 0.1) is 0 Å². The van der Waals surface area contributed by atoms with Crippen molar-refractivity contribution >= 4 is 17.4 Å². The molecule has 2 aromatic rings. The van der Waals surface area contributed by atoms with Crippen molar-refractivity contribution in [3.05, 3.63) is 66.1 Å². The topological polar surface area (TPSA) is 97.8 Å². The summed E-state index contributed by atoms with van der Waals surface area (Å²) in [5.74, 6) is -0.149. The van der Waals surface area contributed by atoms with Gasteiger partial charge in [-0.2, -0.15) is 0 Å². The number of allylic oxidation sites excluding steroid dienone is 1. The number of Topliss-reactive ketones (excluding diaryl/α,β-unsaturated/α-hetero) is 1. The Hall–Kier alpha value is -3.19. The van der Waals surface area contributed by atoms with Crippen molar-refractivity contribution in [3.63, 3.8) is 0 Å². The van der Waals surface area contributed by atoms with Crippen molar-refractivity contribution < 1.29 is 24.2 Å². The van der Waals surface area contributed by atoms with Crippen molar-refractivity contribution in [2.45, 2.75) is 12.1 Å². The largest absolute Gasteiger partial charge is 0.497 e. The molecule has 2 N–H and O–H groups in total. The number of aliphatic hydroxyl groups is 1. The number of aromatic nitrogens is 1. The highest BCUT2D eigenvalue weighted by molar-refractivity contribution is 6.44. The second kappa shape index (κ2) is 7.79. The Balaban J connectivity index is 1.97. The number of carbonyl (C=O) groups is 2. The number of pyridine rings is 1. The van der Waals surface area contributed by atoms with Gasteiger partial charge in [0.1, 0.15) is 23.9 Å². The highest BCUT2D eigenvalue weighted by Crippen LogP contribution is 2.29. The summed E-state index contributed by atoms with van der Waals surface area (Å²) < 4.78 is 10.7. The fourth-order valence-electron chi connectivity index (χ4n) is 2.66. The molecule has 0 fully saturated rings. The van der Waals surface area contributed by atoms with E-state index in [-0.39, 0.29) is 5.76 Å². The number of hydrogen-bond donors (Lipinski definition) is 2. The van der Waals surface area contributed by atoms with E-state index in [2.05, 4.69) is 10.3 Å². The third-order valence-corrected chi connectivity index (χ3v) is 3.97. The molecule has 3 rings (SSSR count). The molecule has 1 aliphatic heterocycles. The Morgan fingerprint density at radius 1 is 1.23 bits per heavy atom. The number of benzene rings is 1. The lowest BCUT2D eigenvalue weighted by Crippen LogP contribution is -2.42. The van der Waals surface area contributed by atoms with Crippen molar-refractivity contribution in [1.29, 1.82) is 0 Å². The number of ether oxygens (including phenoxy) is 2. The van der Waals surface area contributed by atoms with E-state index in [9.17, 15) is 14.7 Å².